The molecule has 4 rings (SSSR count). The maximum atomic E-state index is 13.5. The summed E-state index contributed by atoms with van der Waals surface area (Å²) in [5.74, 6) is -2.74. The third-order valence-electron chi connectivity index (χ3n) is 6.07. The zero-order valence-corrected chi connectivity index (χ0v) is 23.6. The summed E-state index contributed by atoms with van der Waals surface area (Å²) in [6.45, 7) is 6.43. The van der Waals surface area contributed by atoms with Crippen LogP contribution in [-0.4, -0.2) is 37.2 Å². The lowest BCUT2D eigenvalue weighted by Gasteiger charge is -2.18. The largest absolute Gasteiger partial charge is 0.473 e. The molecule has 0 aliphatic carbocycles. The van der Waals surface area contributed by atoms with E-state index in [-0.39, 0.29) is 59.3 Å². The fraction of sp³-hybridized carbons (Fsp3) is 0.267. The lowest BCUT2D eigenvalue weighted by molar-refractivity contribution is -0.123. The molecule has 2 heterocycles. The highest BCUT2D eigenvalue weighted by Gasteiger charge is 2.33. The molecule has 1 amide bonds. The van der Waals surface area contributed by atoms with Gasteiger partial charge in [0.05, 0.1) is 18.6 Å². The number of nitrogens with one attached hydrogen (secondary N) is 1. The van der Waals surface area contributed by atoms with E-state index in [1.54, 1.807) is 69.3 Å². The number of hydrogen-bond donors (Lipinski definition) is 1. The van der Waals surface area contributed by atoms with Crippen LogP contribution < -0.4 is 15.5 Å². The van der Waals surface area contributed by atoms with Crippen molar-refractivity contribution >= 4 is 46.3 Å². The first-order chi connectivity index (χ1) is 19.7. The topological polar surface area (TPSA) is 134 Å². The summed E-state index contributed by atoms with van der Waals surface area (Å²) in [5.41, 5.74) is -0.0710. The number of esters is 2. The number of carbonyl (C=O) groups excluding carboxylic acids is 3. The maximum Gasteiger partial charge on any atom is 0.344 e. The molecule has 2 aromatic carbocycles. The van der Waals surface area contributed by atoms with Crippen LogP contribution in [0.3, 0.4) is 0 Å². The number of ether oxygens (including phenoxy) is 3. The summed E-state index contributed by atoms with van der Waals surface area (Å²) in [7, 11) is 0. The summed E-state index contributed by atoms with van der Waals surface area (Å²) in [5, 5.41) is 3.26. The van der Waals surface area contributed by atoms with Crippen molar-refractivity contribution in [2.24, 2.45) is 0 Å². The van der Waals surface area contributed by atoms with Gasteiger partial charge in [-0.15, -0.1) is 0 Å². The highest BCUT2D eigenvalue weighted by molar-refractivity contribution is 6.30. The molecular formula is C30H28ClNO9. The van der Waals surface area contributed by atoms with Crippen molar-refractivity contribution in [2.45, 2.75) is 40.2 Å². The molecule has 214 valence electrons. The van der Waals surface area contributed by atoms with Crippen molar-refractivity contribution in [2.75, 3.05) is 18.5 Å². The first kappa shape index (κ1) is 29.4. The first-order valence-corrected chi connectivity index (χ1v) is 13.3. The fourth-order valence-electron chi connectivity index (χ4n) is 4.16. The Hall–Kier alpha value is -4.57. The molecule has 41 heavy (non-hydrogen) atoms. The average molecular weight is 582 g/mol. The van der Waals surface area contributed by atoms with Gasteiger partial charge in [-0.1, -0.05) is 30.7 Å². The molecule has 11 heteroatoms. The molecule has 1 N–H and O–H groups in total. The van der Waals surface area contributed by atoms with E-state index in [0.717, 1.165) is 0 Å². The number of rotatable bonds is 10. The van der Waals surface area contributed by atoms with Crippen molar-refractivity contribution in [1.82, 2.24) is 0 Å². The Bertz CT molecular complexity index is 1650. The molecule has 0 saturated carbocycles. The predicted octanol–water partition coefficient (Wildman–Crippen LogP) is 6.16. The number of carbonyl (C=O) groups is 3. The van der Waals surface area contributed by atoms with Crippen LogP contribution in [-0.2, 0) is 14.3 Å². The van der Waals surface area contributed by atoms with Crippen LogP contribution in [0.4, 0.5) is 5.88 Å². The van der Waals surface area contributed by atoms with E-state index < -0.39 is 29.4 Å². The number of halogens is 1. The summed E-state index contributed by atoms with van der Waals surface area (Å²) < 4.78 is 27.8. The van der Waals surface area contributed by atoms with Crippen LogP contribution in [0.15, 0.2) is 62.2 Å². The second-order valence-corrected chi connectivity index (χ2v) is 9.21. The van der Waals surface area contributed by atoms with Crippen molar-refractivity contribution in [3.8, 4) is 17.1 Å². The van der Waals surface area contributed by atoms with E-state index in [1.807, 2.05) is 0 Å². The molecule has 1 unspecified atom stereocenters. The molecule has 0 radical (unpaired) electrons. The van der Waals surface area contributed by atoms with Gasteiger partial charge < -0.3 is 23.0 Å². The molecule has 0 aliphatic rings. The lowest BCUT2D eigenvalue weighted by Crippen LogP contribution is -2.34. The summed E-state index contributed by atoms with van der Waals surface area (Å²) in [6, 6.07) is 13.3. The standard InChI is InChI=1S/C30H28ClNO9/c1-5-20(27(34)32-28-23(30(36)38-7-3)22(16(4)39-28)29(35)37-6-2)40-26-24(33)19-10-8-9-11-21(19)41-25(26)17-12-14-18(31)15-13-17/h8-15,20H,5-7H2,1-4H3,(H,32,34). The van der Waals surface area contributed by atoms with Crippen LogP contribution >= 0.6 is 11.6 Å². The Labute approximate surface area is 240 Å². The predicted molar refractivity (Wildman–Crippen MR) is 152 cm³/mol. The Morgan fingerprint density at radius 1 is 0.902 bits per heavy atom. The molecule has 0 bridgehead atoms. The Balaban J connectivity index is 1.74. The molecule has 0 spiro atoms. The van der Waals surface area contributed by atoms with Gasteiger partial charge in [0.1, 0.15) is 22.5 Å². The minimum absolute atomic E-state index is 0.0185. The molecule has 0 saturated heterocycles. The van der Waals surface area contributed by atoms with Gasteiger partial charge in [-0.2, -0.15) is 0 Å². The van der Waals surface area contributed by atoms with E-state index in [2.05, 4.69) is 5.32 Å². The van der Waals surface area contributed by atoms with E-state index in [4.69, 9.17) is 34.6 Å². The van der Waals surface area contributed by atoms with Crippen molar-refractivity contribution < 1.29 is 37.4 Å². The molecule has 10 nitrogen and oxygen atoms in total. The lowest BCUT2D eigenvalue weighted by atomic mass is 10.1. The molecular weight excluding hydrogens is 554 g/mol. The molecule has 1 atom stereocenters. The van der Waals surface area contributed by atoms with Crippen LogP contribution in [0, 0.1) is 6.92 Å². The highest BCUT2D eigenvalue weighted by Crippen LogP contribution is 2.33. The third kappa shape index (κ3) is 6.12. The summed E-state index contributed by atoms with van der Waals surface area (Å²) in [4.78, 5) is 52.4. The van der Waals surface area contributed by atoms with Gasteiger partial charge in [0.25, 0.3) is 5.91 Å². The fourth-order valence-corrected chi connectivity index (χ4v) is 4.29. The Morgan fingerprint density at radius 2 is 1.54 bits per heavy atom. The minimum Gasteiger partial charge on any atom is -0.473 e. The first-order valence-electron chi connectivity index (χ1n) is 13.0. The third-order valence-corrected chi connectivity index (χ3v) is 6.32. The molecule has 0 aliphatic heterocycles. The van der Waals surface area contributed by atoms with Gasteiger partial charge in [-0.25, -0.2) is 9.59 Å². The highest BCUT2D eigenvalue weighted by atomic mass is 35.5. The number of fused-ring (bicyclic) bond motifs is 1. The molecule has 4 aromatic rings. The quantitative estimate of drug-likeness (QED) is 0.218. The molecule has 2 aromatic heterocycles. The van der Waals surface area contributed by atoms with Crippen molar-refractivity contribution in [3.63, 3.8) is 0 Å². The van der Waals surface area contributed by atoms with Crippen LogP contribution in [0.1, 0.15) is 53.7 Å². The SMILES string of the molecule is CCOC(=O)c1c(C)oc(NC(=O)C(CC)Oc2c(-c3ccc(Cl)cc3)oc3ccccc3c2=O)c1C(=O)OCC. The summed E-state index contributed by atoms with van der Waals surface area (Å²) >= 11 is 6.05. The van der Waals surface area contributed by atoms with Crippen LogP contribution in [0.5, 0.6) is 5.75 Å². The van der Waals surface area contributed by atoms with Gasteiger partial charge >= 0.3 is 11.9 Å². The van der Waals surface area contributed by atoms with Gasteiger partial charge in [0.2, 0.25) is 17.1 Å². The van der Waals surface area contributed by atoms with Gasteiger partial charge in [-0.05, 0) is 63.6 Å². The average Bonchev–Trinajstić information content (AvgIpc) is 3.28. The number of para-hydroxylation sites is 1. The zero-order chi connectivity index (χ0) is 29.7. The van der Waals surface area contributed by atoms with Crippen molar-refractivity contribution in [1.29, 1.82) is 0 Å². The zero-order valence-electron chi connectivity index (χ0n) is 22.9. The van der Waals surface area contributed by atoms with E-state index >= 15 is 0 Å². The normalized spacial score (nSPS) is 11.6. The summed E-state index contributed by atoms with van der Waals surface area (Å²) in [6.07, 6.45) is -1.10. The monoisotopic (exact) mass is 581 g/mol. The molecule has 0 fully saturated rings. The van der Waals surface area contributed by atoms with E-state index in [9.17, 15) is 19.2 Å². The van der Waals surface area contributed by atoms with Gasteiger partial charge in [0, 0.05) is 10.6 Å². The number of benzene rings is 2. The van der Waals surface area contributed by atoms with E-state index in [1.165, 1.54) is 6.92 Å². The maximum absolute atomic E-state index is 13.5. The second-order valence-electron chi connectivity index (χ2n) is 8.77. The Morgan fingerprint density at radius 3 is 2.17 bits per heavy atom. The number of hydrogen-bond acceptors (Lipinski definition) is 9. The minimum atomic E-state index is -1.23. The number of amides is 1. The van der Waals surface area contributed by atoms with E-state index in [0.29, 0.717) is 16.2 Å². The van der Waals surface area contributed by atoms with Gasteiger partial charge in [0.15, 0.2) is 11.9 Å². The van der Waals surface area contributed by atoms with Gasteiger partial charge in [-0.3, -0.25) is 14.9 Å². The van der Waals surface area contributed by atoms with Crippen LogP contribution in [0.2, 0.25) is 5.02 Å². The Kier molecular flexibility index (Phi) is 9.14. The number of aryl methyl sites for hydroxylation is 1. The number of furan rings is 1. The second kappa shape index (κ2) is 12.7. The number of anilines is 1. The van der Waals surface area contributed by atoms with Crippen molar-refractivity contribution in [3.05, 3.63) is 80.7 Å². The van der Waals surface area contributed by atoms with Crippen LogP contribution in [0.25, 0.3) is 22.3 Å². The smallest absolute Gasteiger partial charge is 0.344 e.